The summed E-state index contributed by atoms with van der Waals surface area (Å²) in [6.45, 7) is 6.16. The van der Waals surface area contributed by atoms with E-state index in [1.165, 1.54) is 20.3 Å². The van der Waals surface area contributed by atoms with Gasteiger partial charge in [-0.25, -0.2) is 9.97 Å². The number of benzene rings is 1. The van der Waals surface area contributed by atoms with Crippen LogP contribution in [0.4, 0.5) is 11.6 Å². The van der Waals surface area contributed by atoms with E-state index in [0.717, 1.165) is 16.3 Å². The van der Waals surface area contributed by atoms with E-state index in [-0.39, 0.29) is 18.0 Å². The Morgan fingerprint density at radius 2 is 1.91 bits per heavy atom. The van der Waals surface area contributed by atoms with Crippen molar-refractivity contribution in [2.24, 2.45) is 0 Å². The third-order valence-corrected chi connectivity index (χ3v) is 8.17. The number of ether oxygens (including phenoxy) is 4. The van der Waals surface area contributed by atoms with Crippen LogP contribution in [0.15, 0.2) is 49.4 Å². The molecule has 238 valence electrons. The highest BCUT2D eigenvalue weighted by Gasteiger charge is 2.27. The Morgan fingerprint density at radius 1 is 1.13 bits per heavy atom. The summed E-state index contributed by atoms with van der Waals surface area (Å²) in [5.41, 5.74) is 1.93. The first-order valence-corrected chi connectivity index (χ1v) is 15.0. The molecule has 12 nitrogen and oxygen atoms in total. The van der Waals surface area contributed by atoms with E-state index < -0.39 is 0 Å². The van der Waals surface area contributed by atoms with Gasteiger partial charge >= 0.3 is 0 Å². The van der Waals surface area contributed by atoms with Crippen molar-refractivity contribution in [3.63, 3.8) is 0 Å². The molecule has 1 fully saturated rings. The zero-order valence-electron chi connectivity index (χ0n) is 25.2. The molecule has 5 rings (SSSR count). The van der Waals surface area contributed by atoms with Gasteiger partial charge in [0.15, 0.2) is 0 Å². The number of nitrogens with zero attached hydrogens (tertiary/aromatic N) is 4. The fourth-order valence-corrected chi connectivity index (χ4v) is 5.77. The standard InChI is InChI=1S/C31H35Cl2N7O5/c1-5-27(41)38-21-6-8-45-17-23(21)37-26-11-20-19(15-34-26)10-22(28-29(32)24(43-3)12-25(44-4)30(28)33)39-31(20)35-13-18-14-36-40(16-18)7-9-42-2/h5,10-12,14-16,21,23H,1,6-9,13,17H2,2-4H3,(H,34,37)(H,35,39)(H,38,41)/t21-,23+/m0/s1. The zero-order valence-corrected chi connectivity index (χ0v) is 26.7. The number of aromatic nitrogens is 4. The van der Waals surface area contributed by atoms with E-state index in [1.54, 1.807) is 25.6 Å². The second-order valence-corrected chi connectivity index (χ2v) is 11.1. The van der Waals surface area contributed by atoms with Gasteiger partial charge in [0, 0.05) is 60.6 Å². The summed E-state index contributed by atoms with van der Waals surface area (Å²) in [6.07, 6.45) is 7.42. The number of methoxy groups -OCH3 is 3. The number of carbonyl (C=O) groups is 1. The molecule has 0 radical (unpaired) electrons. The van der Waals surface area contributed by atoms with Crippen molar-refractivity contribution < 1.29 is 23.7 Å². The maximum Gasteiger partial charge on any atom is 0.243 e. The largest absolute Gasteiger partial charge is 0.495 e. The Morgan fingerprint density at radius 3 is 2.62 bits per heavy atom. The second-order valence-electron chi connectivity index (χ2n) is 10.3. The van der Waals surface area contributed by atoms with Crippen molar-refractivity contribution in [1.82, 2.24) is 25.1 Å². The van der Waals surface area contributed by atoms with Gasteiger partial charge in [-0.15, -0.1) is 0 Å². The monoisotopic (exact) mass is 655 g/mol. The van der Waals surface area contributed by atoms with Gasteiger partial charge in [0.05, 0.1) is 68.0 Å². The third-order valence-electron chi connectivity index (χ3n) is 7.42. The minimum Gasteiger partial charge on any atom is -0.495 e. The Hall–Kier alpha value is -4.10. The average molecular weight is 657 g/mol. The molecule has 0 bridgehead atoms. The second kappa shape index (κ2) is 14.8. The molecule has 45 heavy (non-hydrogen) atoms. The van der Waals surface area contributed by atoms with Crippen LogP contribution in [-0.4, -0.2) is 78.9 Å². The van der Waals surface area contributed by atoms with E-state index in [2.05, 4.69) is 32.6 Å². The molecule has 3 aromatic heterocycles. The maximum absolute atomic E-state index is 12.0. The van der Waals surface area contributed by atoms with Crippen molar-refractivity contribution in [2.45, 2.75) is 31.6 Å². The van der Waals surface area contributed by atoms with Gasteiger partial charge in [0.25, 0.3) is 0 Å². The SMILES string of the molecule is C=CC(=O)N[C@H]1CCOC[C@H]1Nc1cc2c(NCc3cnn(CCOC)c3)nc(-c3c(Cl)c(OC)cc(OC)c3Cl)cc2cn1. The van der Waals surface area contributed by atoms with Crippen molar-refractivity contribution in [3.05, 3.63) is 65.1 Å². The average Bonchev–Trinajstić information content (AvgIpc) is 3.51. The van der Waals surface area contributed by atoms with Crippen molar-refractivity contribution in [1.29, 1.82) is 0 Å². The molecule has 4 aromatic rings. The van der Waals surface area contributed by atoms with Gasteiger partial charge in [0.1, 0.15) is 23.1 Å². The smallest absolute Gasteiger partial charge is 0.243 e. The number of rotatable bonds is 13. The van der Waals surface area contributed by atoms with E-state index >= 15 is 0 Å². The number of fused-ring (bicyclic) bond motifs is 1. The lowest BCUT2D eigenvalue weighted by Crippen LogP contribution is -2.52. The number of hydrogen-bond acceptors (Lipinski definition) is 10. The summed E-state index contributed by atoms with van der Waals surface area (Å²) in [5, 5.41) is 16.5. The number of nitrogens with one attached hydrogen (secondary N) is 3. The number of carbonyl (C=O) groups excluding carboxylic acids is 1. The molecule has 2 atom stereocenters. The van der Waals surface area contributed by atoms with Crippen LogP contribution in [0.3, 0.4) is 0 Å². The molecule has 4 heterocycles. The van der Waals surface area contributed by atoms with Crippen LogP contribution in [-0.2, 0) is 27.4 Å². The first-order chi connectivity index (χ1) is 21.8. The highest BCUT2D eigenvalue weighted by Crippen LogP contribution is 2.46. The van der Waals surface area contributed by atoms with Gasteiger partial charge in [-0.1, -0.05) is 29.8 Å². The number of pyridine rings is 2. The van der Waals surface area contributed by atoms with Crippen LogP contribution in [0, 0.1) is 0 Å². The predicted molar refractivity (Wildman–Crippen MR) is 175 cm³/mol. The summed E-state index contributed by atoms with van der Waals surface area (Å²) in [5.74, 6) is 1.74. The third kappa shape index (κ3) is 7.42. The van der Waals surface area contributed by atoms with Crippen LogP contribution in [0.2, 0.25) is 10.0 Å². The van der Waals surface area contributed by atoms with Crippen LogP contribution in [0.5, 0.6) is 11.5 Å². The van der Waals surface area contributed by atoms with Crippen molar-refractivity contribution in [3.8, 4) is 22.8 Å². The lowest BCUT2D eigenvalue weighted by Gasteiger charge is -2.32. The predicted octanol–water partition coefficient (Wildman–Crippen LogP) is 4.95. The summed E-state index contributed by atoms with van der Waals surface area (Å²) in [7, 11) is 4.70. The molecule has 1 saturated heterocycles. The molecule has 14 heteroatoms. The molecule has 0 saturated carbocycles. The maximum atomic E-state index is 12.0. The summed E-state index contributed by atoms with van der Waals surface area (Å²) in [6, 6.07) is 5.06. The van der Waals surface area contributed by atoms with Crippen LogP contribution < -0.4 is 25.4 Å². The van der Waals surface area contributed by atoms with Crippen molar-refractivity contribution in [2.75, 3.05) is 51.8 Å². The van der Waals surface area contributed by atoms with Gasteiger partial charge in [0.2, 0.25) is 5.91 Å². The highest BCUT2D eigenvalue weighted by molar-refractivity contribution is 6.41. The topological polar surface area (TPSA) is 134 Å². The number of amides is 1. The van der Waals surface area contributed by atoms with Gasteiger partial charge in [-0.05, 0) is 24.6 Å². The molecule has 1 aromatic carbocycles. The lowest BCUT2D eigenvalue weighted by atomic mass is 10.0. The van der Waals surface area contributed by atoms with Crippen LogP contribution in [0.25, 0.3) is 22.0 Å². The summed E-state index contributed by atoms with van der Waals surface area (Å²) < 4.78 is 23.7. The minimum atomic E-state index is -0.236. The fourth-order valence-electron chi connectivity index (χ4n) is 5.07. The molecule has 3 N–H and O–H groups in total. The molecule has 0 unspecified atom stereocenters. The van der Waals surface area contributed by atoms with Crippen LogP contribution >= 0.6 is 23.2 Å². The molecular weight excluding hydrogens is 621 g/mol. The Kier molecular flexibility index (Phi) is 10.6. The Balaban J connectivity index is 1.54. The molecule has 1 amide bonds. The highest BCUT2D eigenvalue weighted by atomic mass is 35.5. The minimum absolute atomic E-state index is 0.151. The Bertz CT molecular complexity index is 1650. The van der Waals surface area contributed by atoms with E-state index in [0.29, 0.717) is 83.8 Å². The molecule has 0 spiro atoms. The molecule has 0 aliphatic carbocycles. The van der Waals surface area contributed by atoms with E-state index in [1.807, 2.05) is 23.0 Å². The zero-order chi connectivity index (χ0) is 31.9. The number of halogens is 2. The summed E-state index contributed by atoms with van der Waals surface area (Å²) in [4.78, 5) is 21.7. The van der Waals surface area contributed by atoms with Crippen LogP contribution in [0.1, 0.15) is 12.0 Å². The first kappa shape index (κ1) is 32.3. The van der Waals surface area contributed by atoms with E-state index in [9.17, 15) is 4.79 Å². The van der Waals surface area contributed by atoms with Gasteiger partial charge in [-0.2, -0.15) is 5.10 Å². The number of anilines is 2. The normalized spacial score (nSPS) is 16.3. The lowest BCUT2D eigenvalue weighted by molar-refractivity contribution is -0.117. The fraction of sp³-hybridized carbons (Fsp3) is 0.355. The molecular formula is C31H35Cl2N7O5. The van der Waals surface area contributed by atoms with E-state index in [4.69, 9.17) is 47.1 Å². The van der Waals surface area contributed by atoms with Gasteiger partial charge in [-0.3, -0.25) is 9.48 Å². The first-order valence-electron chi connectivity index (χ1n) is 14.3. The molecule has 1 aliphatic heterocycles. The Labute approximate surface area is 271 Å². The van der Waals surface area contributed by atoms with Gasteiger partial charge < -0.3 is 34.9 Å². The van der Waals surface area contributed by atoms with Crippen molar-refractivity contribution >= 4 is 51.5 Å². The number of hydrogen-bond donors (Lipinski definition) is 3. The molecule has 1 aliphatic rings. The quantitative estimate of drug-likeness (QED) is 0.170. The summed E-state index contributed by atoms with van der Waals surface area (Å²) >= 11 is 13.5.